The zero-order chi connectivity index (χ0) is 31.6. The molecule has 3 rings (SSSR count). The van der Waals surface area contributed by atoms with E-state index in [0.29, 0.717) is 33.8 Å². The van der Waals surface area contributed by atoms with Crippen LogP contribution in [0.15, 0.2) is 66.7 Å². The quantitative estimate of drug-likeness (QED) is 0.149. The Labute approximate surface area is 253 Å². The van der Waals surface area contributed by atoms with E-state index in [2.05, 4.69) is 23.7 Å². The van der Waals surface area contributed by atoms with Crippen LogP contribution in [-0.2, 0) is 19.1 Å². The van der Waals surface area contributed by atoms with Crippen molar-refractivity contribution in [2.24, 2.45) is 10.8 Å². The normalized spacial score (nSPS) is 10.9. The summed E-state index contributed by atoms with van der Waals surface area (Å²) in [6.07, 6.45) is 0. The molecule has 0 aliphatic heterocycles. The average molecular weight is 581 g/mol. The van der Waals surface area contributed by atoms with Gasteiger partial charge in [-0.3, -0.25) is 9.59 Å². The summed E-state index contributed by atoms with van der Waals surface area (Å²) in [5.41, 5.74) is 1.33. The SMILES string of the molecule is COCCOC(=O)c1cc(C#Cc2cccc(OC(=O)C(C)(C)C)c2)cc(C#Cc2cccc(OC(=O)C(C)(C)C)c2)c1. The maximum Gasteiger partial charge on any atom is 0.338 e. The zero-order valence-corrected chi connectivity index (χ0v) is 25.6. The third-order valence-electron chi connectivity index (χ3n) is 5.71. The van der Waals surface area contributed by atoms with Crippen LogP contribution < -0.4 is 9.47 Å². The molecule has 0 amide bonds. The van der Waals surface area contributed by atoms with Gasteiger partial charge in [0.15, 0.2) is 0 Å². The van der Waals surface area contributed by atoms with E-state index in [1.54, 1.807) is 108 Å². The van der Waals surface area contributed by atoms with Crippen LogP contribution in [0.2, 0.25) is 0 Å². The monoisotopic (exact) mass is 580 g/mol. The van der Waals surface area contributed by atoms with Gasteiger partial charge in [-0.25, -0.2) is 4.79 Å². The molecule has 0 atom stereocenters. The first-order valence-electron chi connectivity index (χ1n) is 13.7. The molecule has 0 bridgehead atoms. The summed E-state index contributed by atoms with van der Waals surface area (Å²) in [7, 11) is 1.52. The second-order valence-corrected chi connectivity index (χ2v) is 11.8. The van der Waals surface area contributed by atoms with Crippen molar-refractivity contribution < 1.29 is 33.3 Å². The van der Waals surface area contributed by atoms with Crippen LogP contribution in [0.4, 0.5) is 0 Å². The summed E-state index contributed by atoms with van der Waals surface area (Å²) in [6, 6.07) is 18.9. The Morgan fingerprint density at radius 2 is 1.05 bits per heavy atom. The third-order valence-corrected chi connectivity index (χ3v) is 5.71. The maximum atomic E-state index is 12.8. The van der Waals surface area contributed by atoms with E-state index in [-0.39, 0.29) is 30.7 Å². The number of methoxy groups -OCH3 is 1. The first kappa shape index (κ1) is 32.7. The zero-order valence-electron chi connectivity index (χ0n) is 25.6. The second-order valence-electron chi connectivity index (χ2n) is 11.8. The van der Waals surface area contributed by atoms with Gasteiger partial charge < -0.3 is 18.9 Å². The van der Waals surface area contributed by atoms with Crippen LogP contribution in [0.25, 0.3) is 0 Å². The lowest BCUT2D eigenvalue weighted by atomic mass is 9.97. The van der Waals surface area contributed by atoms with Gasteiger partial charge in [-0.15, -0.1) is 0 Å². The van der Waals surface area contributed by atoms with E-state index in [1.807, 2.05) is 0 Å². The molecule has 7 heteroatoms. The Morgan fingerprint density at radius 3 is 1.47 bits per heavy atom. The molecule has 3 aromatic rings. The van der Waals surface area contributed by atoms with Crippen molar-refractivity contribution >= 4 is 17.9 Å². The highest BCUT2D eigenvalue weighted by atomic mass is 16.6. The van der Waals surface area contributed by atoms with Crippen LogP contribution in [-0.4, -0.2) is 38.2 Å². The van der Waals surface area contributed by atoms with Crippen LogP contribution in [0.1, 0.15) is 74.2 Å². The molecule has 222 valence electrons. The van der Waals surface area contributed by atoms with Crippen LogP contribution in [0.3, 0.4) is 0 Å². The molecule has 43 heavy (non-hydrogen) atoms. The van der Waals surface area contributed by atoms with Gasteiger partial charge >= 0.3 is 17.9 Å². The Morgan fingerprint density at radius 1 is 0.605 bits per heavy atom. The summed E-state index contributed by atoms with van der Waals surface area (Å²) < 4.78 is 21.2. The van der Waals surface area contributed by atoms with Gasteiger partial charge in [-0.05, 0) is 96.1 Å². The summed E-state index contributed by atoms with van der Waals surface area (Å²) in [5.74, 6) is 11.8. The average Bonchev–Trinajstić information content (AvgIpc) is 2.94. The van der Waals surface area contributed by atoms with E-state index < -0.39 is 16.8 Å². The smallest absolute Gasteiger partial charge is 0.338 e. The second kappa shape index (κ2) is 14.4. The number of esters is 3. The van der Waals surface area contributed by atoms with Crippen molar-refractivity contribution in [2.45, 2.75) is 41.5 Å². The Bertz CT molecular complexity index is 1510. The number of hydrogen-bond acceptors (Lipinski definition) is 7. The molecule has 7 nitrogen and oxygen atoms in total. The van der Waals surface area contributed by atoms with Gasteiger partial charge in [0, 0.05) is 29.4 Å². The van der Waals surface area contributed by atoms with Gasteiger partial charge in [-0.2, -0.15) is 0 Å². The Kier molecular flexibility index (Phi) is 10.9. The van der Waals surface area contributed by atoms with E-state index >= 15 is 0 Å². The third kappa shape index (κ3) is 10.5. The lowest BCUT2D eigenvalue weighted by molar-refractivity contribution is -0.143. The van der Waals surface area contributed by atoms with Crippen molar-refractivity contribution in [3.05, 3.63) is 94.5 Å². The highest BCUT2D eigenvalue weighted by Gasteiger charge is 2.24. The first-order chi connectivity index (χ1) is 20.2. The van der Waals surface area contributed by atoms with Crippen LogP contribution in [0.5, 0.6) is 11.5 Å². The topological polar surface area (TPSA) is 88.1 Å². The highest BCUT2D eigenvalue weighted by Crippen LogP contribution is 2.21. The predicted octanol–water partition coefficient (Wildman–Crippen LogP) is 6.19. The fourth-order valence-corrected chi connectivity index (χ4v) is 3.27. The minimum Gasteiger partial charge on any atom is -0.460 e. The van der Waals surface area contributed by atoms with Crippen molar-refractivity contribution in [3.8, 4) is 35.2 Å². The van der Waals surface area contributed by atoms with E-state index in [9.17, 15) is 14.4 Å². The standard InChI is InChI=1S/C36H36O7/c1-35(2,3)33(38)42-30-12-8-10-25(23-30)14-16-27-20-28(22-29(21-27)32(37)41-19-18-40-7)17-15-26-11-9-13-31(24-26)43-34(39)36(4,5)6/h8-13,20-24H,18-19H2,1-7H3. The molecule has 3 aromatic carbocycles. The first-order valence-corrected chi connectivity index (χ1v) is 13.7. The molecule has 0 spiro atoms. The molecular weight excluding hydrogens is 544 g/mol. The molecule has 0 aromatic heterocycles. The number of carbonyl (C=O) groups is 3. The molecule has 0 unspecified atom stereocenters. The van der Waals surface area contributed by atoms with Gasteiger partial charge in [0.25, 0.3) is 0 Å². The van der Waals surface area contributed by atoms with Crippen molar-refractivity contribution in [1.29, 1.82) is 0 Å². The fourth-order valence-electron chi connectivity index (χ4n) is 3.27. The molecule has 0 aliphatic rings. The molecule has 0 heterocycles. The van der Waals surface area contributed by atoms with E-state index in [4.69, 9.17) is 18.9 Å². The minimum atomic E-state index is -0.643. The lowest BCUT2D eigenvalue weighted by Gasteiger charge is -2.16. The van der Waals surface area contributed by atoms with Crippen LogP contribution >= 0.6 is 0 Å². The minimum absolute atomic E-state index is 0.104. The molecule has 0 aliphatic carbocycles. The Hall–Kier alpha value is -4.85. The Balaban J connectivity index is 1.93. The van der Waals surface area contributed by atoms with E-state index in [1.165, 1.54) is 7.11 Å². The molecule has 0 saturated carbocycles. The maximum absolute atomic E-state index is 12.8. The summed E-state index contributed by atoms with van der Waals surface area (Å²) >= 11 is 0. The van der Waals surface area contributed by atoms with Gasteiger partial charge in [0.1, 0.15) is 18.1 Å². The predicted molar refractivity (Wildman–Crippen MR) is 164 cm³/mol. The molecule has 0 fully saturated rings. The van der Waals surface area contributed by atoms with Crippen molar-refractivity contribution in [2.75, 3.05) is 20.3 Å². The largest absolute Gasteiger partial charge is 0.460 e. The summed E-state index contributed by atoms with van der Waals surface area (Å²) in [4.78, 5) is 37.3. The molecular formula is C36H36O7. The number of benzene rings is 3. The van der Waals surface area contributed by atoms with Crippen LogP contribution in [0, 0.1) is 34.5 Å². The molecule has 0 N–H and O–H groups in total. The lowest BCUT2D eigenvalue weighted by Crippen LogP contribution is -2.25. The van der Waals surface area contributed by atoms with Gasteiger partial charge in [0.2, 0.25) is 0 Å². The highest BCUT2D eigenvalue weighted by molar-refractivity contribution is 5.90. The summed E-state index contributed by atoms with van der Waals surface area (Å²) in [5, 5.41) is 0. The molecule has 0 saturated heterocycles. The van der Waals surface area contributed by atoms with Gasteiger partial charge in [0.05, 0.1) is 23.0 Å². The van der Waals surface area contributed by atoms with Crippen molar-refractivity contribution in [1.82, 2.24) is 0 Å². The number of ether oxygens (including phenoxy) is 4. The number of hydrogen-bond donors (Lipinski definition) is 0. The summed E-state index contributed by atoms with van der Waals surface area (Å²) in [6.45, 7) is 11.1. The fraction of sp³-hybridized carbons (Fsp3) is 0.306. The number of carbonyl (C=O) groups excluding carboxylic acids is 3. The van der Waals surface area contributed by atoms with E-state index in [0.717, 1.165) is 0 Å². The van der Waals surface area contributed by atoms with Crippen molar-refractivity contribution in [3.63, 3.8) is 0 Å². The van der Waals surface area contributed by atoms with Gasteiger partial charge in [-0.1, -0.05) is 35.8 Å². The number of rotatable bonds is 6. The molecule has 0 radical (unpaired) electrons.